The van der Waals surface area contributed by atoms with Crippen molar-refractivity contribution in [2.45, 2.75) is 0 Å². The molecule has 43 heavy (non-hydrogen) atoms. The minimum Gasteiger partial charge on any atom is -0.309 e. The maximum absolute atomic E-state index is 4.16. The van der Waals surface area contributed by atoms with Crippen LogP contribution in [0.25, 0.3) is 66.8 Å². The zero-order valence-electron chi connectivity index (χ0n) is 23.4. The number of hydrogen-bond donors (Lipinski definition) is 0. The lowest BCUT2D eigenvalue weighted by molar-refractivity contribution is 1.12. The summed E-state index contributed by atoms with van der Waals surface area (Å²) in [5.74, 6) is 0. The van der Waals surface area contributed by atoms with Crippen molar-refractivity contribution in [3.63, 3.8) is 0 Å². The first-order valence-corrected chi connectivity index (χ1v) is 15.3. The molecule has 6 aromatic carbocycles. The molecule has 2 aromatic heterocycles. The monoisotopic (exact) mass is 614 g/mol. The molecule has 0 fully saturated rings. The van der Waals surface area contributed by atoms with Crippen LogP contribution in [0.5, 0.6) is 0 Å². The van der Waals surface area contributed by atoms with E-state index in [-0.39, 0.29) is 0 Å². The van der Waals surface area contributed by atoms with E-state index in [1.54, 1.807) is 0 Å². The highest BCUT2D eigenvalue weighted by Crippen LogP contribution is 2.44. The van der Waals surface area contributed by atoms with E-state index in [9.17, 15) is 0 Å². The molecule has 0 aliphatic heterocycles. The summed E-state index contributed by atoms with van der Waals surface area (Å²) >= 11 is 4.16. The highest BCUT2D eigenvalue weighted by Gasteiger charge is 2.22. The molecule has 0 saturated carbocycles. The van der Waals surface area contributed by atoms with Gasteiger partial charge in [-0.2, -0.15) is 0 Å². The van der Waals surface area contributed by atoms with Gasteiger partial charge in [0, 0.05) is 37.7 Å². The van der Waals surface area contributed by atoms with Crippen LogP contribution in [0.1, 0.15) is 0 Å². The zero-order chi connectivity index (χ0) is 28.8. The van der Waals surface area contributed by atoms with E-state index in [4.69, 9.17) is 0 Å². The molecule has 0 spiro atoms. The quantitative estimate of drug-likeness (QED) is 0.182. The van der Waals surface area contributed by atoms with E-state index < -0.39 is 0 Å². The summed E-state index contributed by atoms with van der Waals surface area (Å²) in [6.07, 6.45) is 0. The molecule has 0 aliphatic carbocycles. The van der Waals surface area contributed by atoms with Crippen LogP contribution in [0.4, 0.5) is 0 Å². The van der Waals surface area contributed by atoms with E-state index in [1.165, 1.54) is 32.9 Å². The largest absolute Gasteiger partial charge is 0.309 e. The van der Waals surface area contributed by atoms with Crippen molar-refractivity contribution in [1.29, 1.82) is 0 Å². The lowest BCUT2D eigenvalue weighted by atomic mass is 9.96. The van der Waals surface area contributed by atoms with Crippen LogP contribution in [0, 0.1) is 0 Å². The van der Waals surface area contributed by atoms with Crippen molar-refractivity contribution < 1.29 is 0 Å². The standard InChI is InChI=1S/C40H27BrN2/c41-40-34(38-26-29-16-10-12-22-36(29)42(38)32-18-6-2-7-19-32)24-31(28-14-4-1-5-15-28)25-35(40)39-27-30-17-11-13-23-37(30)43(39)33-20-8-3-9-21-33/h1-27H. The summed E-state index contributed by atoms with van der Waals surface area (Å²) in [4.78, 5) is 0. The Morgan fingerprint density at radius 3 is 1.23 bits per heavy atom. The second kappa shape index (κ2) is 10.6. The van der Waals surface area contributed by atoms with Gasteiger partial charge in [-0.05, 0) is 87.7 Å². The van der Waals surface area contributed by atoms with E-state index >= 15 is 0 Å². The van der Waals surface area contributed by atoms with Crippen molar-refractivity contribution in [2.24, 2.45) is 0 Å². The maximum Gasteiger partial charge on any atom is 0.0552 e. The first-order valence-electron chi connectivity index (χ1n) is 14.5. The number of halogens is 1. The van der Waals surface area contributed by atoms with Gasteiger partial charge in [0.25, 0.3) is 0 Å². The van der Waals surface area contributed by atoms with E-state index in [2.05, 4.69) is 189 Å². The summed E-state index contributed by atoms with van der Waals surface area (Å²) in [5.41, 5.74) is 11.5. The van der Waals surface area contributed by atoms with Gasteiger partial charge in [0.2, 0.25) is 0 Å². The molecule has 3 heteroatoms. The molecule has 0 aliphatic rings. The Balaban J connectivity index is 1.48. The Labute approximate surface area is 259 Å². The van der Waals surface area contributed by atoms with Gasteiger partial charge in [-0.15, -0.1) is 0 Å². The number of benzene rings is 6. The number of para-hydroxylation sites is 4. The predicted molar refractivity (Wildman–Crippen MR) is 184 cm³/mol. The number of aromatic nitrogens is 2. The summed E-state index contributed by atoms with van der Waals surface area (Å²) < 4.78 is 5.81. The summed E-state index contributed by atoms with van der Waals surface area (Å²) in [7, 11) is 0. The van der Waals surface area contributed by atoms with Crippen molar-refractivity contribution >= 4 is 37.7 Å². The van der Waals surface area contributed by atoms with Gasteiger partial charge >= 0.3 is 0 Å². The number of rotatable bonds is 5. The molecule has 0 saturated heterocycles. The van der Waals surface area contributed by atoms with Gasteiger partial charge in [-0.3, -0.25) is 0 Å². The van der Waals surface area contributed by atoms with Crippen molar-refractivity contribution in [3.05, 3.63) is 168 Å². The van der Waals surface area contributed by atoms with E-state index in [0.717, 1.165) is 38.4 Å². The predicted octanol–water partition coefficient (Wildman–Crippen LogP) is 11.3. The van der Waals surface area contributed by atoms with Gasteiger partial charge < -0.3 is 9.13 Å². The fourth-order valence-corrected chi connectivity index (χ4v) is 6.85. The third kappa shape index (κ3) is 4.41. The average molecular weight is 616 g/mol. The molecule has 204 valence electrons. The normalized spacial score (nSPS) is 11.4. The van der Waals surface area contributed by atoms with Crippen molar-refractivity contribution in [1.82, 2.24) is 9.13 Å². The second-order valence-corrected chi connectivity index (χ2v) is 11.6. The molecule has 0 atom stereocenters. The molecule has 0 radical (unpaired) electrons. The van der Waals surface area contributed by atoms with Gasteiger partial charge in [-0.1, -0.05) is 103 Å². The van der Waals surface area contributed by atoms with E-state index in [1.807, 2.05) is 0 Å². The van der Waals surface area contributed by atoms with Crippen LogP contribution in [-0.2, 0) is 0 Å². The van der Waals surface area contributed by atoms with Crippen LogP contribution in [-0.4, -0.2) is 9.13 Å². The SMILES string of the molecule is Brc1c(-c2cc3ccccc3n2-c2ccccc2)cc(-c2ccccc2)cc1-c1cc2ccccc2n1-c1ccccc1. The molecule has 8 aromatic rings. The Hall–Kier alpha value is -5.12. The molecule has 0 N–H and O–H groups in total. The molecule has 0 amide bonds. The fraction of sp³-hybridized carbons (Fsp3) is 0. The first kappa shape index (κ1) is 25.6. The lowest BCUT2D eigenvalue weighted by Crippen LogP contribution is -2.00. The summed E-state index contributed by atoms with van der Waals surface area (Å²) in [6.45, 7) is 0. The number of fused-ring (bicyclic) bond motifs is 2. The minimum atomic E-state index is 1.06. The number of nitrogens with zero attached hydrogens (tertiary/aromatic N) is 2. The smallest absolute Gasteiger partial charge is 0.0552 e. The highest BCUT2D eigenvalue weighted by molar-refractivity contribution is 9.10. The van der Waals surface area contributed by atoms with Gasteiger partial charge in [0.05, 0.1) is 22.4 Å². The second-order valence-electron chi connectivity index (χ2n) is 10.8. The van der Waals surface area contributed by atoms with Crippen LogP contribution in [0.3, 0.4) is 0 Å². The molecule has 0 unspecified atom stereocenters. The van der Waals surface area contributed by atoms with Crippen LogP contribution in [0.15, 0.2) is 168 Å². The fourth-order valence-electron chi connectivity index (χ4n) is 6.21. The lowest BCUT2D eigenvalue weighted by Gasteiger charge is -2.18. The molecule has 2 heterocycles. The van der Waals surface area contributed by atoms with Crippen LogP contribution >= 0.6 is 15.9 Å². The molecule has 0 bridgehead atoms. The molecular weight excluding hydrogens is 588 g/mol. The summed E-state index contributed by atoms with van der Waals surface area (Å²) in [5, 5.41) is 2.41. The summed E-state index contributed by atoms with van der Waals surface area (Å²) in [6, 6.07) is 58.5. The zero-order valence-corrected chi connectivity index (χ0v) is 24.9. The number of hydrogen-bond acceptors (Lipinski definition) is 0. The van der Waals surface area contributed by atoms with Crippen molar-refractivity contribution in [3.8, 4) is 45.0 Å². The molecular formula is C40H27BrN2. The van der Waals surface area contributed by atoms with Gasteiger partial charge in [0.1, 0.15) is 0 Å². The Morgan fingerprint density at radius 1 is 0.372 bits per heavy atom. The third-order valence-corrected chi connectivity index (χ3v) is 9.04. The highest BCUT2D eigenvalue weighted by atomic mass is 79.9. The average Bonchev–Trinajstić information content (AvgIpc) is 3.65. The maximum atomic E-state index is 4.16. The van der Waals surface area contributed by atoms with Gasteiger partial charge in [-0.25, -0.2) is 0 Å². The topological polar surface area (TPSA) is 9.86 Å². The van der Waals surface area contributed by atoms with E-state index in [0.29, 0.717) is 0 Å². The Morgan fingerprint density at radius 2 is 0.767 bits per heavy atom. The van der Waals surface area contributed by atoms with Crippen molar-refractivity contribution in [2.75, 3.05) is 0 Å². The first-order chi connectivity index (χ1) is 21.3. The molecule has 2 nitrogen and oxygen atoms in total. The van der Waals surface area contributed by atoms with Crippen LogP contribution < -0.4 is 0 Å². The van der Waals surface area contributed by atoms with Crippen LogP contribution in [0.2, 0.25) is 0 Å². The third-order valence-electron chi connectivity index (χ3n) is 8.18. The molecule has 8 rings (SSSR count). The van der Waals surface area contributed by atoms with Gasteiger partial charge in [0.15, 0.2) is 0 Å². The Kier molecular flexibility index (Phi) is 6.31. The minimum absolute atomic E-state index is 1.06. The Bertz CT molecular complexity index is 2090.